The first-order chi connectivity index (χ1) is 8.45. The van der Waals surface area contributed by atoms with E-state index in [9.17, 15) is 0 Å². The molecule has 0 spiro atoms. The quantitative estimate of drug-likeness (QED) is 0.840. The lowest BCUT2D eigenvalue weighted by Crippen LogP contribution is -2.34. The zero-order valence-corrected chi connectivity index (χ0v) is 12.4. The van der Waals surface area contributed by atoms with Crippen LogP contribution in [0.5, 0.6) is 0 Å². The molecule has 1 aromatic rings. The molecule has 0 aliphatic carbocycles. The summed E-state index contributed by atoms with van der Waals surface area (Å²) < 4.78 is 0. The van der Waals surface area contributed by atoms with Gasteiger partial charge in [0.1, 0.15) is 0 Å². The fourth-order valence-corrected chi connectivity index (χ4v) is 2.00. The van der Waals surface area contributed by atoms with Gasteiger partial charge < -0.3 is 10.6 Å². The number of nitrogens with two attached hydrogens (primary N) is 1. The second kappa shape index (κ2) is 6.74. The van der Waals surface area contributed by atoms with Gasteiger partial charge in [0.25, 0.3) is 0 Å². The molecule has 0 unspecified atom stereocenters. The Labute approximate surface area is 111 Å². The van der Waals surface area contributed by atoms with Crippen molar-refractivity contribution in [1.29, 1.82) is 0 Å². The highest BCUT2D eigenvalue weighted by Gasteiger charge is 2.13. The number of hydrogen-bond donors (Lipinski definition) is 1. The van der Waals surface area contributed by atoms with Gasteiger partial charge in [-0.3, -0.25) is 4.98 Å². The molecule has 0 saturated heterocycles. The van der Waals surface area contributed by atoms with E-state index in [2.05, 4.69) is 56.6 Å². The predicted octanol–water partition coefficient (Wildman–Crippen LogP) is 3.36. The zero-order valence-electron chi connectivity index (χ0n) is 12.4. The third-order valence-corrected chi connectivity index (χ3v) is 3.11. The number of anilines is 1. The Morgan fingerprint density at radius 1 is 1.22 bits per heavy atom. The van der Waals surface area contributed by atoms with Gasteiger partial charge in [-0.15, -0.1) is 0 Å². The molecule has 1 rings (SSSR count). The van der Waals surface area contributed by atoms with Crippen molar-refractivity contribution in [3.05, 3.63) is 24.0 Å². The molecule has 1 aromatic heterocycles. The molecule has 102 valence electrons. The van der Waals surface area contributed by atoms with Crippen LogP contribution in [0.1, 0.15) is 52.8 Å². The predicted molar refractivity (Wildman–Crippen MR) is 78.8 cm³/mol. The molecule has 0 aliphatic rings. The molecule has 3 heteroatoms. The Kier molecular flexibility index (Phi) is 5.60. The summed E-state index contributed by atoms with van der Waals surface area (Å²) >= 11 is 0. The molecular formula is C15H27N3. The minimum Gasteiger partial charge on any atom is -0.368 e. The van der Waals surface area contributed by atoms with Crippen LogP contribution in [-0.2, 0) is 0 Å². The first-order valence-electron chi connectivity index (χ1n) is 6.93. The summed E-state index contributed by atoms with van der Waals surface area (Å²) in [4.78, 5) is 6.88. The third kappa shape index (κ3) is 3.98. The number of nitrogens with zero attached hydrogens (tertiary/aromatic N) is 2. The molecule has 0 radical (unpaired) electrons. The minimum atomic E-state index is 0.0525. The van der Waals surface area contributed by atoms with Crippen molar-refractivity contribution in [2.24, 2.45) is 11.7 Å². The SMILES string of the molecule is CC[C@@H](N)c1ccc(N(CC(C)C)C(C)C)cn1. The maximum absolute atomic E-state index is 5.98. The summed E-state index contributed by atoms with van der Waals surface area (Å²) in [5.41, 5.74) is 8.15. The van der Waals surface area contributed by atoms with Gasteiger partial charge in [0, 0.05) is 18.6 Å². The summed E-state index contributed by atoms with van der Waals surface area (Å²) in [6.07, 6.45) is 2.87. The van der Waals surface area contributed by atoms with E-state index >= 15 is 0 Å². The molecule has 0 aliphatic heterocycles. The molecule has 0 aromatic carbocycles. The van der Waals surface area contributed by atoms with Crippen LogP contribution in [0.15, 0.2) is 18.3 Å². The molecule has 1 atom stereocenters. The van der Waals surface area contributed by atoms with Crippen molar-refractivity contribution >= 4 is 5.69 Å². The van der Waals surface area contributed by atoms with Gasteiger partial charge >= 0.3 is 0 Å². The van der Waals surface area contributed by atoms with E-state index in [4.69, 9.17) is 5.73 Å². The van der Waals surface area contributed by atoms with E-state index in [0.717, 1.165) is 18.7 Å². The fourth-order valence-electron chi connectivity index (χ4n) is 2.00. The number of hydrogen-bond acceptors (Lipinski definition) is 3. The average Bonchev–Trinajstić information content (AvgIpc) is 2.34. The lowest BCUT2D eigenvalue weighted by molar-refractivity contribution is 0.570. The first kappa shape index (κ1) is 15.0. The molecule has 3 nitrogen and oxygen atoms in total. The molecule has 1 heterocycles. The van der Waals surface area contributed by atoms with Crippen LogP contribution in [0.4, 0.5) is 5.69 Å². The smallest absolute Gasteiger partial charge is 0.0572 e. The summed E-state index contributed by atoms with van der Waals surface area (Å²) in [5.74, 6) is 0.643. The standard InChI is InChI=1S/C15H27N3/c1-6-14(16)15-8-7-13(9-17-15)18(12(4)5)10-11(2)3/h7-9,11-12,14H,6,10,16H2,1-5H3/t14-/m1/s1. The maximum atomic E-state index is 5.98. The third-order valence-electron chi connectivity index (χ3n) is 3.11. The molecular weight excluding hydrogens is 222 g/mol. The van der Waals surface area contributed by atoms with Gasteiger partial charge in [0.15, 0.2) is 0 Å². The summed E-state index contributed by atoms with van der Waals surface area (Å²) in [6, 6.07) is 4.73. The Morgan fingerprint density at radius 3 is 2.28 bits per heavy atom. The lowest BCUT2D eigenvalue weighted by atomic mass is 10.1. The molecule has 0 bridgehead atoms. The second-order valence-corrected chi connectivity index (χ2v) is 5.60. The van der Waals surface area contributed by atoms with E-state index < -0.39 is 0 Å². The van der Waals surface area contributed by atoms with E-state index in [1.807, 2.05) is 6.20 Å². The van der Waals surface area contributed by atoms with Crippen LogP contribution in [0.2, 0.25) is 0 Å². The first-order valence-corrected chi connectivity index (χ1v) is 6.93. The van der Waals surface area contributed by atoms with Crippen molar-refractivity contribution in [2.45, 2.75) is 53.1 Å². The van der Waals surface area contributed by atoms with E-state index in [-0.39, 0.29) is 6.04 Å². The Hall–Kier alpha value is -1.09. The van der Waals surface area contributed by atoms with Crippen molar-refractivity contribution < 1.29 is 0 Å². The molecule has 2 N–H and O–H groups in total. The number of aromatic nitrogens is 1. The van der Waals surface area contributed by atoms with Gasteiger partial charge in [0.2, 0.25) is 0 Å². The number of rotatable bonds is 6. The van der Waals surface area contributed by atoms with Gasteiger partial charge in [-0.2, -0.15) is 0 Å². The van der Waals surface area contributed by atoms with Crippen molar-refractivity contribution in [3.63, 3.8) is 0 Å². The Bertz CT molecular complexity index is 343. The fraction of sp³-hybridized carbons (Fsp3) is 0.667. The molecule has 0 saturated carbocycles. The van der Waals surface area contributed by atoms with E-state index in [1.54, 1.807) is 0 Å². The lowest BCUT2D eigenvalue weighted by Gasteiger charge is -2.30. The van der Waals surface area contributed by atoms with Crippen LogP contribution in [0, 0.1) is 5.92 Å². The van der Waals surface area contributed by atoms with E-state index in [1.165, 1.54) is 5.69 Å². The second-order valence-electron chi connectivity index (χ2n) is 5.60. The maximum Gasteiger partial charge on any atom is 0.0572 e. The highest BCUT2D eigenvalue weighted by Crippen LogP contribution is 2.20. The average molecular weight is 249 g/mol. The van der Waals surface area contributed by atoms with Crippen molar-refractivity contribution in [2.75, 3.05) is 11.4 Å². The monoisotopic (exact) mass is 249 g/mol. The minimum absolute atomic E-state index is 0.0525. The topological polar surface area (TPSA) is 42.1 Å². The highest BCUT2D eigenvalue weighted by molar-refractivity contribution is 5.45. The van der Waals surface area contributed by atoms with Crippen LogP contribution in [0.3, 0.4) is 0 Å². The van der Waals surface area contributed by atoms with Crippen LogP contribution in [-0.4, -0.2) is 17.6 Å². The van der Waals surface area contributed by atoms with E-state index in [0.29, 0.717) is 12.0 Å². The summed E-state index contributed by atoms with van der Waals surface area (Å²) in [5, 5.41) is 0. The Balaban J connectivity index is 2.86. The summed E-state index contributed by atoms with van der Waals surface area (Å²) in [6.45, 7) is 12.1. The van der Waals surface area contributed by atoms with Crippen molar-refractivity contribution in [3.8, 4) is 0 Å². The van der Waals surface area contributed by atoms with Crippen molar-refractivity contribution in [1.82, 2.24) is 4.98 Å². The van der Waals surface area contributed by atoms with Crippen LogP contribution < -0.4 is 10.6 Å². The zero-order chi connectivity index (χ0) is 13.7. The normalized spacial score (nSPS) is 13.1. The van der Waals surface area contributed by atoms with Gasteiger partial charge in [-0.05, 0) is 38.3 Å². The van der Waals surface area contributed by atoms with Crippen LogP contribution in [0.25, 0.3) is 0 Å². The Morgan fingerprint density at radius 2 is 1.89 bits per heavy atom. The molecule has 18 heavy (non-hydrogen) atoms. The molecule has 0 amide bonds. The number of pyridine rings is 1. The van der Waals surface area contributed by atoms with Gasteiger partial charge in [0.05, 0.1) is 17.6 Å². The molecule has 0 fully saturated rings. The van der Waals surface area contributed by atoms with Crippen LogP contribution >= 0.6 is 0 Å². The van der Waals surface area contributed by atoms with Gasteiger partial charge in [-0.1, -0.05) is 20.8 Å². The van der Waals surface area contributed by atoms with Gasteiger partial charge in [-0.25, -0.2) is 0 Å². The largest absolute Gasteiger partial charge is 0.368 e. The highest BCUT2D eigenvalue weighted by atomic mass is 15.2. The summed E-state index contributed by atoms with van der Waals surface area (Å²) in [7, 11) is 0.